The average Bonchev–Trinajstić information content (AvgIpc) is 3.02. The molecule has 0 unspecified atom stereocenters. The Morgan fingerprint density at radius 3 is 2.59 bits per heavy atom. The molecule has 0 bridgehead atoms. The van der Waals surface area contributed by atoms with Gasteiger partial charge < -0.3 is 15.5 Å². The number of thiophene rings is 1. The SMILES string of the molecule is CCNC(=NCc1ccc(CC)s1)NCCN1CCCCC1. The van der Waals surface area contributed by atoms with Crippen molar-refractivity contribution in [3.63, 3.8) is 0 Å². The molecule has 1 aromatic heterocycles. The lowest BCUT2D eigenvalue weighted by Crippen LogP contribution is -2.42. The van der Waals surface area contributed by atoms with E-state index in [4.69, 9.17) is 4.99 Å². The first-order valence-electron chi connectivity index (χ1n) is 8.64. The number of likely N-dealkylation sites (tertiary alicyclic amines) is 1. The number of nitrogens with zero attached hydrogens (tertiary/aromatic N) is 2. The van der Waals surface area contributed by atoms with E-state index in [1.54, 1.807) is 0 Å². The predicted octanol–water partition coefficient (Wildman–Crippen LogP) is 2.85. The molecule has 0 aliphatic carbocycles. The van der Waals surface area contributed by atoms with Gasteiger partial charge >= 0.3 is 0 Å². The van der Waals surface area contributed by atoms with E-state index in [9.17, 15) is 0 Å². The molecule has 1 aliphatic rings. The van der Waals surface area contributed by atoms with Gasteiger partial charge in [0.2, 0.25) is 0 Å². The number of nitrogens with one attached hydrogen (secondary N) is 2. The highest BCUT2D eigenvalue weighted by Gasteiger charge is 2.09. The molecule has 1 aliphatic heterocycles. The molecule has 2 rings (SSSR count). The summed E-state index contributed by atoms with van der Waals surface area (Å²) in [5.74, 6) is 0.936. The van der Waals surface area contributed by atoms with Crippen LogP contribution in [0.1, 0.15) is 42.9 Å². The van der Waals surface area contributed by atoms with Gasteiger partial charge in [-0.2, -0.15) is 0 Å². The van der Waals surface area contributed by atoms with Crippen LogP contribution in [0.3, 0.4) is 0 Å². The molecule has 22 heavy (non-hydrogen) atoms. The molecule has 0 radical (unpaired) electrons. The normalized spacial score (nSPS) is 16.7. The number of hydrogen-bond donors (Lipinski definition) is 2. The summed E-state index contributed by atoms with van der Waals surface area (Å²) in [7, 11) is 0. The van der Waals surface area contributed by atoms with Gasteiger partial charge in [-0.05, 0) is 51.4 Å². The zero-order valence-electron chi connectivity index (χ0n) is 14.0. The molecular formula is C17H30N4S. The Labute approximate surface area is 139 Å². The third-order valence-corrected chi connectivity index (χ3v) is 5.19. The van der Waals surface area contributed by atoms with Gasteiger partial charge in [0, 0.05) is 29.4 Å². The fraction of sp³-hybridized carbons (Fsp3) is 0.706. The molecule has 5 heteroatoms. The van der Waals surface area contributed by atoms with Gasteiger partial charge in [-0.25, -0.2) is 4.99 Å². The van der Waals surface area contributed by atoms with Gasteiger partial charge in [0.25, 0.3) is 0 Å². The number of guanidine groups is 1. The summed E-state index contributed by atoms with van der Waals surface area (Å²) in [5.41, 5.74) is 0. The number of piperidine rings is 1. The first-order valence-corrected chi connectivity index (χ1v) is 9.45. The van der Waals surface area contributed by atoms with Crippen LogP contribution < -0.4 is 10.6 Å². The lowest BCUT2D eigenvalue weighted by Gasteiger charge is -2.26. The van der Waals surface area contributed by atoms with Crippen LogP contribution >= 0.6 is 11.3 Å². The molecule has 2 N–H and O–H groups in total. The molecule has 0 aromatic carbocycles. The third-order valence-electron chi connectivity index (χ3n) is 3.97. The van der Waals surface area contributed by atoms with Crippen LogP contribution in [0.5, 0.6) is 0 Å². The monoisotopic (exact) mass is 322 g/mol. The van der Waals surface area contributed by atoms with Crippen LogP contribution in [0.4, 0.5) is 0 Å². The topological polar surface area (TPSA) is 39.7 Å². The zero-order valence-corrected chi connectivity index (χ0v) is 14.8. The number of rotatable bonds is 7. The fourth-order valence-corrected chi connectivity index (χ4v) is 3.59. The van der Waals surface area contributed by atoms with Crippen LogP contribution in [0, 0.1) is 0 Å². The molecule has 1 aromatic rings. The second-order valence-electron chi connectivity index (χ2n) is 5.75. The molecule has 2 heterocycles. The number of aliphatic imine (C=N–C) groups is 1. The minimum absolute atomic E-state index is 0.768. The highest BCUT2D eigenvalue weighted by atomic mass is 32.1. The van der Waals surface area contributed by atoms with E-state index in [1.165, 1.54) is 42.1 Å². The van der Waals surface area contributed by atoms with Crippen molar-refractivity contribution in [1.82, 2.24) is 15.5 Å². The summed E-state index contributed by atoms with van der Waals surface area (Å²) in [6.07, 6.45) is 5.22. The van der Waals surface area contributed by atoms with Crippen molar-refractivity contribution in [2.24, 2.45) is 4.99 Å². The second kappa shape index (κ2) is 9.85. The van der Waals surface area contributed by atoms with Crippen LogP contribution in [0.2, 0.25) is 0 Å². The molecule has 1 saturated heterocycles. The lowest BCUT2D eigenvalue weighted by molar-refractivity contribution is 0.232. The van der Waals surface area contributed by atoms with E-state index >= 15 is 0 Å². The maximum atomic E-state index is 4.70. The Morgan fingerprint density at radius 2 is 1.91 bits per heavy atom. The van der Waals surface area contributed by atoms with Gasteiger partial charge in [-0.1, -0.05) is 13.3 Å². The van der Waals surface area contributed by atoms with Gasteiger partial charge in [-0.3, -0.25) is 0 Å². The first-order chi connectivity index (χ1) is 10.8. The number of aryl methyl sites for hydroxylation is 1. The fourth-order valence-electron chi connectivity index (χ4n) is 2.71. The smallest absolute Gasteiger partial charge is 0.191 e. The van der Waals surface area contributed by atoms with Gasteiger partial charge in [-0.15, -0.1) is 11.3 Å². The Bertz CT molecular complexity index is 449. The summed E-state index contributed by atoms with van der Waals surface area (Å²) in [4.78, 5) is 10.0. The zero-order chi connectivity index (χ0) is 15.6. The van der Waals surface area contributed by atoms with E-state index in [0.29, 0.717) is 0 Å². The van der Waals surface area contributed by atoms with E-state index in [0.717, 1.165) is 38.6 Å². The summed E-state index contributed by atoms with van der Waals surface area (Å²) in [5, 5.41) is 6.80. The van der Waals surface area contributed by atoms with E-state index in [1.807, 2.05) is 11.3 Å². The highest BCUT2D eigenvalue weighted by Crippen LogP contribution is 2.17. The van der Waals surface area contributed by atoms with Crippen LogP contribution in [-0.4, -0.2) is 43.6 Å². The average molecular weight is 323 g/mol. The van der Waals surface area contributed by atoms with E-state index in [2.05, 4.69) is 41.5 Å². The Morgan fingerprint density at radius 1 is 1.14 bits per heavy atom. The summed E-state index contributed by atoms with van der Waals surface area (Å²) >= 11 is 1.87. The van der Waals surface area contributed by atoms with Crippen molar-refractivity contribution in [2.75, 3.05) is 32.7 Å². The highest BCUT2D eigenvalue weighted by molar-refractivity contribution is 7.11. The predicted molar refractivity (Wildman–Crippen MR) is 96.8 cm³/mol. The molecule has 124 valence electrons. The van der Waals surface area contributed by atoms with Gasteiger partial charge in [0.1, 0.15) is 0 Å². The van der Waals surface area contributed by atoms with Crippen LogP contribution in [0.15, 0.2) is 17.1 Å². The van der Waals surface area contributed by atoms with Crippen molar-refractivity contribution >= 4 is 17.3 Å². The second-order valence-corrected chi connectivity index (χ2v) is 7.00. The van der Waals surface area contributed by atoms with Crippen LogP contribution in [-0.2, 0) is 13.0 Å². The summed E-state index contributed by atoms with van der Waals surface area (Å²) < 4.78 is 0. The van der Waals surface area contributed by atoms with Crippen LogP contribution in [0.25, 0.3) is 0 Å². The maximum Gasteiger partial charge on any atom is 0.191 e. The Kier molecular flexibility index (Phi) is 7.74. The standard InChI is InChI=1S/C17H30N4S/c1-3-15-8-9-16(22-15)14-20-17(18-4-2)19-10-13-21-11-6-5-7-12-21/h8-9H,3-7,10-14H2,1-2H3,(H2,18,19,20). The van der Waals surface area contributed by atoms with E-state index < -0.39 is 0 Å². The molecule has 0 spiro atoms. The minimum Gasteiger partial charge on any atom is -0.357 e. The van der Waals surface area contributed by atoms with Gasteiger partial charge in [0.05, 0.1) is 6.54 Å². The number of hydrogen-bond acceptors (Lipinski definition) is 3. The van der Waals surface area contributed by atoms with Crippen molar-refractivity contribution in [2.45, 2.75) is 46.1 Å². The first kappa shape index (κ1) is 17.3. The van der Waals surface area contributed by atoms with Crippen molar-refractivity contribution < 1.29 is 0 Å². The summed E-state index contributed by atoms with van der Waals surface area (Å²) in [6.45, 7) is 10.6. The molecule has 1 fully saturated rings. The quantitative estimate of drug-likeness (QED) is 0.599. The molecule has 0 amide bonds. The molecule has 0 saturated carbocycles. The lowest BCUT2D eigenvalue weighted by atomic mass is 10.1. The molecule has 4 nitrogen and oxygen atoms in total. The largest absolute Gasteiger partial charge is 0.357 e. The van der Waals surface area contributed by atoms with Crippen molar-refractivity contribution in [1.29, 1.82) is 0 Å². The Hall–Kier alpha value is -1.07. The maximum absolute atomic E-state index is 4.70. The Balaban J connectivity index is 1.76. The van der Waals surface area contributed by atoms with Crippen molar-refractivity contribution in [3.8, 4) is 0 Å². The summed E-state index contributed by atoms with van der Waals surface area (Å²) in [6, 6.07) is 4.41. The van der Waals surface area contributed by atoms with E-state index in [-0.39, 0.29) is 0 Å². The van der Waals surface area contributed by atoms with Gasteiger partial charge in [0.15, 0.2) is 5.96 Å². The molecule has 0 atom stereocenters. The molecular weight excluding hydrogens is 292 g/mol. The minimum atomic E-state index is 0.768. The third kappa shape index (κ3) is 5.97. The van der Waals surface area contributed by atoms with Crippen molar-refractivity contribution in [3.05, 3.63) is 21.9 Å².